The van der Waals surface area contributed by atoms with Gasteiger partial charge in [-0.05, 0) is 17.7 Å². The van der Waals surface area contributed by atoms with Crippen LogP contribution in [0.1, 0.15) is 32.2 Å². The maximum absolute atomic E-state index is 13.5. The van der Waals surface area contributed by atoms with Crippen molar-refractivity contribution in [1.82, 2.24) is 19.5 Å². The predicted octanol–water partition coefficient (Wildman–Crippen LogP) is 5.12. The van der Waals surface area contributed by atoms with Crippen LogP contribution >= 0.6 is 11.6 Å². The quantitative estimate of drug-likeness (QED) is 0.417. The maximum atomic E-state index is 13.5. The van der Waals surface area contributed by atoms with Crippen molar-refractivity contribution in [2.24, 2.45) is 0 Å². The summed E-state index contributed by atoms with van der Waals surface area (Å²) in [6.45, 7) is 3.03. The van der Waals surface area contributed by atoms with Gasteiger partial charge in [0.15, 0.2) is 23.8 Å². The van der Waals surface area contributed by atoms with Crippen LogP contribution in [-0.4, -0.2) is 39.0 Å². The van der Waals surface area contributed by atoms with Gasteiger partial charge in [0.1, 0.15) is 12.4 Å². The first-order chi connectivity index (χ1) is 13.5. The van der Waals surface area contributed by atoms with E-state index in [1.54, 1.807) is 22.8 Å². The zero-order valence-electron chi connectivity index (χ0n) is 16.1. The molecule has 0 saturated carbocycles. The monoisotopic (exact) mass is 429 g/mol. The highest BCUT2D eigenvalue weighted by Gasteiger charge is 2.33. The fraction of sp³-hybridized carbons (Fsp3) is 0.421. The SMILES string of the molecule is CC(C)(C)c1nc(N(CF)CC(F)(F)F)c2ncn(Cc3cccc(Cl)c3)c2n1. The molecule has 0 unspecified atom stereocenters. The van der Waals surface area contributed by atoms with Crippen LogP contribution in [0, 0.1) is 0 Å². The zero-order valence-corrected chi connectivity index (χ0v) is 16.9. The highest BCUT2D eigenvalue weighted by molar-refractivity contribution is 6.30. The van der Waals surface area contributed by atoms with Crippen molar-refractivity contribution < 1.29 is 17.6 Å². The second kappa shape index (κ2) is 7.78. The number of nitrogens with zero attached hydrogens (tertiary/aromatic N) is 5. The molecule has 0 aliphatic carbocycles. The Balaban J connectivity index is 2.15. The first-order valence-corrected chi connectivity index (χ1v) is 9.21. The van der Waals surface area contributed by atoms with E-state index in [4.69, 9.17) is 11.6 Å². The third-order valence-electron chi connectivity index (χ3n) is 4.17. The van der Waals surface area contributed by atoms with E-state index in [0.717, 1.165) is 5.56 Å². The second-order valence-electron chi connectivity index (χ2n) is 7.73. The van der Waals surface area contributed by atoms with E-state index in [0.29, 0.717) is 27.9 Å². The average molecular weight is 430 g/mol. The van der Waals surface area contributed by atoms with Gasteiger partial charge in [-0.15, -0.1) is 0 Å². The molecule has 0 amide bonds. The molecular formula is C19H20ClF4N5. The van der Waals surface area contributed by atoms with Crippen molar-refractivity contribution in [2.75, 3.05) is 18.2 Å². The number of anilines is 1. The van der Waals surface area contributed by atoms with Crippen molar-refractivity contribution in [3.8, 4) is 0 Å². The van der Waals surface area contributed by atoms with Crippen LogP contribution in [0.2, 0.25) is 5.02 Å². The molecule has 3 rings (SSSR count). The largest absolute Gasteiger partial charge is 0.406 e. The van der Waals surface area contributed by atoms with Crippen LogP contribution in [0.15, 0.2) is 30.6 Å². The minimum Gasteiger partial charge on any atom is -0.318 e. The highest BCUT2D eigenvalue weighted by atomic mass is 35.5. The summed E-state index contributed by atoms with van der Waals surface area (Å²) < 4.78 is 54.1. The molecule has 0 spiro atoms. The van der Waals surface area contributed by atoms with Crippen molar-refractivity contribution in [2.45, 2.75) is 38.9 Å². The molecule has 0 saturated heterocycles. The van der Waals surface area contributed by atoms with Gasteiger partial charge in [-0.3, -0.25) is 0 Å². The Hall–Kier alpha value is -2.42. The van der Waals surface area contributed by atoms with E-state index in [1.807, 2.05) is 26.8 Å². The second-order valence-corrected chi connectivity index (χ2v) is 8.16. The van der Waals surface area contributed by atoms with E-state index in [9.17, 15) is 17.6 Å². The maximum Gasteiger partial charge on any atom is 0.406 e. The highest BCUT2D eigenvalue weighted by Crippen LogP contribution is 2.30. The van der Waals surface area contributed by atoms with Gasteiger partial charge in [-0.25, -0.2) is 19.3 Å². The van der Waals surface area contributed by atoms with Crippen LogP contribution in [0.25, 0.3) is 11.2 Å². The molecular weight excluding hydrogens is 410 g/mol. The minimum atomic E-state index is -4.59. The predicted molar refractivity (Wildman–Crippen MR) is 104 cm³/mol. The summed E-state index contributed by atoms with van der Waals surface area (Å²) in [5.74, 6) is 0.123. The Bertz CT molecular complexity index is 1010. The average Bonchev–Trinajstić information content (AvgIpc) is 3.00. The Morgan fingerprint density at radius 2 is 1.86 bits per heavy atom. The number of fused-ring (bicyclic) bond motifs is 1. The third-order valence-corrected chi connectivity index (χ3v) is 4.41. The number of aromatic nitrogens is 4. The molecule has 1 aromatic carbocycles. The number of rotatable bonds is 5. The van der Waals surface area contributed by atoms with E-state index in [2.05, 4.69) is 15.0 Å². The van der Waals surface area contributed by atoms with Crippen LogP contribution < -0.4 is 4.90 Å². The van der Waals surface area contributed by atoms with Crippen molar-refractivity contribution >= 4 is 28.6 Å². The molecule has 2 aromatic heterocycles. The van der Waals surface area contributed by atoms with E-state index < -0.39 is 24.9 Å². The number of alkyl halides is 4. The molecule has 0 aliphatic heterocycles. The summed E-state index contributed by atoms with van der Waals surface area (Å²) in [7, 11) is 0. The Morgan fingerprint density at radius 3 is 2.45 bits per heavy atom. The molecule has 156 valence electrons. The van der Waals surface area contributed by atoms with Gasteiger partial charge < -0.3 is 9.47 Å². The van der Waals surface area contributed by atoms with Crippen LogP contribution in [0.3, 0.4) is 0 Å². The molecule has 3 aromatic rings. The lowest BCUT2D eigenvalue weighted by molar-refractivity contribution is -0.120. The minimum absolute atomic E-state index is 0.113. The van der Waals surface area contributed by atoms with Crippen molar-refractivity contribution in [3.05, 3.63) is 47.0 Å². The summed E-state index contributed by atoms with van der Waals surface area (Å²) in [6.07, 6.45) is -3.13. The summed E-state index contributed by atoms with van der Waals surface area (Å²) in [6, 6.07) is 7.18. The lowest BCUT2D eigenvalue weighted by Gasteiger charge is -2.24. The molecule has 0 N–H and O–H groups in total. The topological polar surface area (TPSA) is 46.8 Å². The Kier molecular flexibility index (Phi) is 5.71. The number of hydrogen-bond acceptors (Lipinski definition) is 4. The lowest BCUT2D eigenvalue weighted by Crippen LogP contribution is -2.35. The number of benzene rings is 1. The van der Waals surface area contributed by atoms with Gasteiger partial charge in [0.2, 0.25) is 0 Å². The van der Waals surface area contributed by atoms with E-state index >= 15 is 0 Å². The molecule has 0 fully saturated rings. The standard InChI is InChI=1S/C19H20ClF4N5/c1-18(2,3)17-26-15-14(16(27-17)29(10-21)9-19(22,23)24)25-11-28(15)8-12-5-4-6-13(20)7-12/h4-7,11H,8-10H2,1-3H3. The van der Waals surface area contributed by atoms with Crippen molar-refractivity contribution in [3.63, 3.8) is 0 Å². The van der Waals surface area contributed by atoms with Crippen LogP contribution in [0.4, 0.5) is 23.4 Å². The molecule has 0 radical (unpaired) electrons. The molecule has 2 heterocycles. The summed E-state index contributed by atoms with van der Waals surface area (Å²) in [5, 5.41) is 0.561. The molecule has 29 heavy (non-hydrogen) atoms. The third kappa shape index (κ3) is 4.95. The molecule has 5 nitrogen and oxygen atoms in total. The van der Waals surface area contributed by atoms with E-state index in [1.165, 1.54) is 6.33 Å². The first kappa shape index (κ1) is 21.3. The molecule has 10 heteroatoms. The molecule has 0 atom stereocenters. The van der Waals surface area contributed by atoms with Gasteiger partial charge in [0, 0.05) is 10.4 Å². The summed E-state index contributed by atoms with van der Waals surface area (Å²) >= 11 is 6.03. The Morgan fingerprint density at radius 1 is 1.14 bits per heavy atom. The Labute approximate surface area is 170 Å². The van der Waals surface area contributed by atoms with Gasteiger partial charge >= 0.3 is 6.18 Å². The summed E-state index contributed by atoms with van der Waals surface area (Å²) in [4.78, 5) is 13.5. The zero-order chi connectivity index (χ0) is 21.4. The molecule has 0 aliphatic rings. The van der Waals surface area contributed by atoms with Gasteiger partial charge in [-0.1, -0.05) is 44.5 Å². The van der Waals surface area contributed by atoms with Gasteiger partial charge in [0.05, 0.1) is 12.9 Å². The van der Waals surface area contributed by atoms with Gasteiger partial charge in [-0.2, -0.15) is 13.2 Å². The van der Waals surface area contributed by atoms with Crippen LogP contribution in [-0.2, 0) is 12.0 Å². The fourth-order valence-electron chi connectivity index (χ4n) is 2.82. The number of imidazole rings is 1. The van der Waals surface area contributed by atoms with Gasteiger partial charge in [0.25, 0.3) is 0 Å². The number of halogens is 5. The van der Waals surface area contributed by atoms with E-state index in [-0.39, 0.29) is 11.3 Å². The summed E-state index contributed by atoms with van der Waals surface area (Å²) in [5.41, 5.74) is 0.753. The normalized spacial score (nSPS) is 12.6. The lowest BCUT2D eigenvalue weighted by atomic mass is 9.96. The molecule has 0 bridgehead atoms. The first-order valence-electron chi connectivity index (χ1n) is 8.83. The number of hydrogen-bond donors (Lipinski definition) is 0. The fourth-order valence-corrected chi connectivity index (χ4v) is 3.04. The van der Waals surface area contributed by atoms with Crippen LogP contribution in [0.5, 0.6) is 0 Å². The van der Waals surface area contributed by atoms with Crippen molar-refractivity contribution in [1.29, 1.82) is 0 Å². The smallest absolute Gasteiger partial charge is 0.318 e.